The molecule has 2 aromatic rings. The summed E-state index contributed by atoms with van der Waals surface area (Å²) in [6.07, 6.45) is 12.7. The van der Waals surface area contributed by atoms with E-state index in [1.165, 1.54) is 5.56 Å². The molecule has 0 aromatic carbocycles. The minimum atomic E-state index is 0.403. The molecule has 0 spiro atoms. The maximum atomic E-state index is 4.74. The average molecular weight is 355 g/mol. The van der Waals surface area contributed by atoms with Crippen molar-refractivity contribution in [1.29, 1.82) is 0 Å². The molecule has 6 heteroatoms. The summed E-state index contributed by atoms with van der Waals surface area (Å²) in [4.78, 5) is 20.1. The van der Waals surface area contributed by atoms with Crippen LogP contribution in [0.2, 0.25) is 0 Å². The zero-order chi connectivity index (χ0) is 18.4. The molecule has 1 fully saturated rings. The molecule has 0 radical (unpaired) electrons. The van der Waals surface area contributed by atoms with E-state index in [2.05, 4.69) is 39.0 Å². The largest absolute Gasteiger partial charge is 0.356 e. The zero-order valence-corrected chi connectivity index (χ0v) is 16.1. The lowest BCUT2D eigenvalue weighted by Crippen LogP contribution is -2.46. The molecule has 1 aliphatic rings. The number of piperidine rings is 1. The van der Waals surface area contributed by atoms with Gasteiger partial charge in [-0.15, -0.1) is 0 Å². The van der Waals surface area contributed by atoms with Crippen molar-refractivity contribution in [3.05, 3.63) is 41.9 Å². The van der Waals surface area contributed by atoms with Crippen molar-refractivity contribution in [2.45, 2.75) is 65.0 Å². The first-order valence-electron chi connectivity index (χ1n) is 9.74. The number of rotatable bonds is 7. The highest BCUT2D eigenvalue weighted by Crippen LogP contribution is 2.23. The molecule has 0 saturated carbocycles. The molecule has 3 rings (SSSR count). The number of aryl methyl sites for hydroxylation is 2. The molecule has 1 saturated heterocycles. The van der Waals surface area contributed by atoms with Crippen LogP contribution >= 0.6 is 0 Å². The van der Waals surface area contributed by atoms with Crippen LogP contribution in [0.1, 0.15) is 50.2 Å². The van der Waals surface area contributed by atoms with Crippen LogP contribution in [0.4, 0.5) is 5.82 Å². The highest BCUT2D eigenvalue weighted by molar-refractivity contribution is 5.46. The molecule has 1 N–H and O–H groups in total. The Balaban J connectivity index is 1.53. The van der Waals surface area contributed by atoms with Crippen LogP contribution in [0.25, 0.3) is 0 Å². The smallest absolute Gasteiger partial charge is 0.135 e. The Kier molecular flexibility index (Phi) is 6.50. The summed E-state index contributed by atoms with van der Waals surface area (Å²) < 4.78 is 0. The third-order valence-electron chi connectivity index (χ3n) is 4.93. The summed E-state index contributed by atoms with van der Waals surface area (Å²) in [7, 11) is 0. The van der Waals surface area contributed by atoms with Crippen LogP contribution in [0.15, 0.2) is 24.8 Å². The van der Waals surface area contributed by atoms with E-state index in [1.54, 1.807) is 12.4 Å². The molecule has 1 atom stereocenters. The van der Waals surface area contributed by atoms with Crippen molar-refractivity contribution in [3.8, 4) is 0 Å². The number of anilines is 1. The third-order valence-corrected chi connectivity index (χ3v) is 4.93. The van der Waals surface area contributed by atoms with E-state index in [9.17, 15) is 0 Å². The van der Waals surface area contributed by atoms with Crippen LogP contribution in [0.3, 0.4) is 0 Å². The van der Waals surface area contributed by atoms with Crippen molar-refractivity contribution in [3.63, 3.8) is 0 Å². The highest BCUT2D eigenvalue weighted by atomic mass is 15.2. The second-order valence-electron chi connectivity index (χ2n) is 7.25. The molecular weight excluding hydrogens is 324 g/mol. The van der Waals surface area contributed by atoms with E-state index in [0.717, 1.165) is 62.5 Å². The van der Waals surface area contributed by atoms with Gasteiger partial charge in [-0.2, -0.15) is 0 Å². The quantitative estimate of drug-likeness (QED) is 0.825. The summed E-state index contributed by atoms with van der Waals surface area (Å²) >= 11 is 0. The van der Waals surface area contributed by atoms with Crippen molar-refractivity contribution in [2.75, 3.05) is 18.0 Å². The minimum absolute atomic E-state index is 0.403. The van der Waals surface area contributed by atoms with E-state index in [4.69, 9.17) is 4.98 Å². The van der Waals surface area contributed by atoms with Crippen LogP contribution in [-0.2, 0) is 12.8 Å². The molecule has 140 valence electrons. The van der Waals surface area contributed by atoms with Crippen molar-refractivity contribution >= 4 is 5.82 Å². The fourth-order valence-electron chi connectivity index (χ4n) is 3.67. The molecule has 0 amide bonds. The Morgan fingerprint density at radius 3 is 2.69 bits per heavy atom. The lowest BCUT2D eigenvalue weighted by Gasteiger charge is -2.35. The molecule has 2 aromatic heterocycles. The Morgan fingerprint density at radius 1 is 1.19 bits per heavy atom. The number of hydrogen-bond acceptors (Lipinski definition) is 6. The van der Waals surface area contributed by atoms with Gasteiger partial charge in [-0.05, 0) is 33.1 Å². The molecule has 3 heterocycles. The van der Waals surface area contributed by atoms with Gasteiger partial charge in [-0.3, -0.25) is 9.97 Å². The monoisotopic (exact) mass is 354 g/mol. The Hall–Kier alpha value is -2.08. The third kappa shape index (κ3) is 4.97. The molecule has 26 heavy (non-hydrogen) atoms. The van der Waals surface area contributed by atoms with Crippen molar-refractivity contribution < 1.29 is 0 Å². The fraction of sp³-hybridized carbons (Fsp3) is 0.600. The van der Waals surface area contributed by atoms with Gasteiger partial charge in [-0.1, -0.05) is 13.3 Å². The second kappa shape index (κ2) is 9.03. The molecule has 1 aliphatic heterocycles. The van der Waals surface area contributed by atoms with E-state index in [-0.39, 0.29) is 0 Å². The number of nitrogens with one attached hydrogen (secondary N) is 1. The van der Waals surface area contributed by atoms with Gasteiger partial charge in [-0.25, -0.2) is 9.97 Å². The normalized spacial score (nSPS) is 16.7. The van der Waals surface area contributed by atoms with Crippen molar-refractivity contribution in [1.82, 2.24) is 25.3 Å². The van der Waals surface area contributed by atoms with Gasteiger partial charge in [0, 0.05) is 61.9 Å². The Morgan fingerprint density at radius 2 is 2.00 bits per heavy atom. The summed E-state index contributed by atoms with van der Waals surface area (Å²) in [6, 6.07) is 0.954. The maximum Gasteiger partial charge on any atom is 0.135 e. The van der Waals surface area contributed by atoms with Gasteiger partial charge in [0.1, 0.15) is 11.6 Å². The van der Waals surface area contributed by atoms with Crippen LogP contribution in [-0.4, -0.2) is 45.1 Å². The highest BCUT2D eigenvalue weighted by Gasteiger charge is 2.23. The zero-order valence-electron chi connectivity index (χ0n) is 16.1. The van der Waals surface area contributed by atoms with Crippen molar-refractivity contribution in [2.24, 2.45) is 0 Å². The summed E-state index contributed by atoms with van der Waals surface area (Å²) in [5, 5.41) is 3.76. The van der Waals surface area contributed by atoms with E-state index >= 15 is 0 Å². The van der Waals surface area contributed by atoms with Gasteiger partial charge in [0.05, 0.1) is 5.69 Å². The SMILES string of the molecule is CCCc1cnc(C)nc1N1CCC(N[C@@H](C)Cc2cnccn2)CC1. The first-order chi connectivity index (χ1) is 12.7. The lowest BCUT2D eigenvalue weighted by atomic mass is 10.0. The maximum absolute atomic E-state index is 4.74. The predicted octanol–water partition coefficient (Wildman–Crippen LogP) is 2.72. The van der Waals surface area contributed by atoms with Gasteiger partial charge >= 0.3 is 0 Å². The number of hydrogen-bond donors (Lipinski definition) is 1. The summed E-state index contributed by atoms with van der Waals surface area (Å²) in [5.41, 5.74) is 2.33. The van der Waals surface area contributed by atoms with Crippen LogP contribution < -0.4 is 10.2 Å². The van der Waals surface area contributed by atoms with Gasteiger partial charge in [0.25, 0.3) is 0 Å². The van der Waals surface area contributed by atoms with E-state index < -0.39 is 0 Å². The minimum Gasteiger partial charge on any atom is -0.356 e. The van der Waals surface area contributed by atoms with Gasteiger partial charge < -0.3 is 10.2 Å². The Bertz CT molecular complexity index is 682. The van der Waals surface area contributed by atoms with E-state index in [0.29, 0.717) is 12.1 Å². The molecule has 0 bridgehead atoms. The van der Waals surface area contributed by atoms with E-state index in [1.807, 2.05) is 19.3 Å². The number of aromatic nitrogens is 4. The first kappa shape index (κ1) is 18.7. The first-order valence-corrected chi connectivity index (χ1v) is 9.74. The summed E-state index contributed by atoms with van der Waals surface area (Å²) in [6.45, 7) is 8.50. The molecule has 0 aliphatic carbocycles. The van der Waals surface area contributed by atoms with Gasteiger partial charge in [0.2, 0.25) is 0 Å². The fourth-order valence-corrected chi connectivity index (χ4v) is 3.67. The molecule has 6 nitrogen and oxygen atoms in total. The Labute approximate surface area is 156 Å². The summed E-state index contributed by atoms with van der Waals surface area (Å²) in [5.74, 6) is 2.00. The average Bonchev–Trinajstić information content (AvgIpc) is 2.65. The second-order valence-corrected chi connectivity index (χ2v) is 7.25. The van der Waals surface area contributed by atoms with Gasteiger partial charge in [0.15, 0.2) is 0 Å². The topological polar surface area (TPSA) is 66.8 Å². The lowest BCUT2D eigenvalue weighted by molar-refractivity contribution is 0.372. The van der Waals surface area contributed by atoms with Crippen LogP contribution in [0.5, 0.6) is 0 Å². The standard InChI is InChI=1S/C20H30N6/c1-4-5-17-13-23-16(3)25-20(17)26-10-6-18(7-11-26)24-15(2)12-19-14-21-8-9-22-19/h8-9,13-15,18,24H,4-7,10-12H2,1-3H3/t15-/m0/s1. The molecular formula is C20H30N6. The number of nitrogens with zero attached hydrogens (tertiary/aromatic N) is 5. The molecule has 0 unspecified atom stereocenters. The van der Waals surface area contributed by atoms with Crippen LogP contribution in [0, 0.1) is 6.92 Å². The predicted molar refractivity (Wildman–Crippen MR) is 104 cm³/mol.